The molecule has 1 heterocycles. The first-order valence-corrected chi connectivity index (χ1v) is 5.74. The summed E-state index contributed by atoms with van der Waals surface area (Å²) in [7, 11) is 2.06. The van der Waals surface area contributed by atoms with Gasteiger partial charge in [-0.15, -0.1) is 0 Å². The van der Waals surface area contributed by atoms with E-state index in [1.807, 2.05) is 0 Å². The Morgan fingerprint density at radius 1 is 1.40 bits per heavy atom. The quantitative estimate of drug-likeness (QED) is 0.764. The van der Waals surface area contributed by atoms with Crippen LogP contribution in [0.5, 0.6) is 0 Å². The molecule has 2 nitrogen and oxygen atoms in total. The topological polar surface area (TPSA) is 29.3 Å². The Labute approximate surface area is 89.8 Å². The summed E-state index contributed by atoms with van der Waals surface area (Å²) in [6, 6.07) is 0. The van der Waals surface area contributed by atoms with E-state index in [-0.39, 0.29) is 18.3 Å². The molecule has 0 aromatic carbocycles. The number of piperidine rings is 1. The molecule has 1 saturated carbocycles. The first-order chi connectivity index (χ1) is 6.97. The molecule has 4 heteroatoms. The lowest BCUT2D eigenvalue weighted by Gasteiger charge is -2.53. The number of hydrogen-bond acceptors (Lipinski definition) is 2. The average Bonchev–Trinajstić information content (AvgIpc) is 2.13. The Morgan fingerprint density at radius 3 is 2.53 bits per heavy atom. The van der Waals surface area contributed by atoms with Crippen molar-refractivity contribution in [2.24, 2.45) is 17.1 Å². The normalized spacial score (nSPS) is 34.8. The number of nitrogens with zero attached hydrogens (tertiary/aromatic N) is 1. The summed E-state index contributed by atoms with van der Waals surface area (Å²) in [4.78, 5) is 2.24. The molecule has 0 aromatic heterocycles. The molecule has 1 aliphatic carbocycles. The van der Waals surface area contributed by atoms with Crippen molar-refractivity contribution in [1.82, 2.24) is 4.90 Å². The van der Waals surface area contributed by atoms with Crippen molar-refractivity contribution in [3.8, 4) is 0 Å². The van der Waals surface area contributed by atoms with Crippen LogP contribution in [0.4, 0.5) is 8.78 Å². The summed E-state index contributed by atoms with van der Waals surface area (Å²) in [5.41, 5.74) is 5.45. The van der Waals surface area contributed by atoms with Crippen LogP contribution in [0.2, 0.25) is 0 Å². The molecule has 1 unspecified atom stereocenters. The number of hydrogen-bond donors (Lipinski definition) is 1. The standard InChI is InChI=1S/C11H20F2N2/c1-15-4-2-3-9(5-15)10(8-14)6-11(12,13)7-10/h9H,2-8,14H2,1H3. The van der Waals surface area contributed by atoms with Crippen LogP contribution < -0.4 is 5.73 Å². The molecule has 1 atom stereocenters. The van der Waals surface area contributed by atoms with E-state index in [1.54, 1.807) is 0 Å². The van der Waals surface area contributed by atoms with E-state index in [0.29, 0.717) is 12.5 Å². The van der Waals surface area contributed by atoms with Crippen molar-refractivity contribution in [2.45, 2.75) is 31.6 Å². The zero-order chi connectivity index (χ0) is 11.1. The maximum absolute atomic E-state index is 13.0. The Kier molecular flexibility index (Phi) is 2.75. The highest BCUT2D eigenvalue weighted by Crippen LogP contribution is 2.57. The second-order valence-corrected chi connectivity index (χ2v) is 5.38. The Morgan fingerprint density at radius 2 is 2.07 bits per heavy atom. The fourth-order valence-electron chi connectivity index (χ4n) is 3.24. The van der Waals surface area contributed by atoms with Crippen LogP contribution in [0.15, 0.2) is 0 Å². The summed E-state index contributed by atoms with van der Waals surface area (Å²) in [5.74, 6) is -2.07. The summed E-state index contributed by atoms with van der Waals surface area (Å²) in [6.07, 6.45) is 2.20. The van der Waals surface area contributed by atoms with Gasteiger partial charge in [0, 0.05) is 19.4 Å². The monoisotopic (exact) mass is 218 g/mol. The number of likely N-dealkylation sites (tertiary alicyclic amines) is 1. The van der Waals surface area contributed by atoms with Gasteiger partial charge in [-0.25, -0.2) is 8.78 Å². The smallest absolute Gasteiger partial charge is 0.249 e. The maximum Gasteiger partial charge on any atom is 0.249 e. The molecule has 0 aromatic rings. The summed E-state index contributed by atoms with van der Waals surface area (Å²) >= 11 is 0. The van der Waals surface area contributed by atoms with Crippen LogP contribution in [0, 0.1) is 11.3 Å². The van der Waals surface area contributed by atoms with Crippen LogP contribution in [-0.2, 0) is 0 Å². The summed E-state index contributed by atoms with van der Waals surface area (Å²) in [6.45, 7) is 2.45. The lowest BCUT2D eigenvalue weighted by atomic mass is 9.57. The molecule has 2 fully saturated rings. The van der Waals surface area contributed by atoms with Crippen molar-refractivity contribution in [2.75, 3.05) is 26.7 Å². The average molecular weight is 218 g/mol. The zero-order valence-electron chi connectivity index (χ0n) is 9.31. The Balaban J connectivity index is 2.01. The van der Waals surface area contributed by atoms with Crippen molar-refractivity contribution >= 4 is 0 Å². The maximum atomic E-state index is 13.0. The molecular weight excluding hydrogens is 198 g/mol. The van der Waals surface area contributed by atoms with Crippen molar-refractivity contribution in [3.63, 3.8) is 0 Å². The van der Waals surface area contributed by atoms with Gasteiger partial charge < -0.3 is 10.6 Å². The zero-order valence-corrected chi connectivity index (χ0v) is 9.31. The van der Waals surface area contributed by atoms with Gasteiger partial charge in [0.25, 0.3) is 0 Å². The van der Waals surface area contributed by atoms with Gasteiger partial charge in [-0.05, 0) is 44.3 Å². The van der Waals surface area contributed by atoms with E-state index in [0.717, 1.165) is 25.9 Å². The number of alkyl halides is 2. The minimum absolute atomic E-state index is 0.00894. The van der Waals surface area contributed by atoms with E-state index in [2.05, 4.69) is 11.9 Å². The van der Waals surface area contributed by atoms with Gasteiger partial charge in [0.15, 0.2) is 0 Å². The van der Waals surface area contributed by atoms with Crippen LogP contribution in [0.3, 0.4) is 0 Å². The van der Waals surface area contributed by atoms with Gasteiger partial charge in [-0.1, -0.05) is 0 Å². The highest BCUT2D eigenvalue weighted by atomic mass is 19.3. The van der Waals surface area contributed by atoms with Gasteiger partial charge in [-0.2, -0.15) is 0 Å². The lowest BCUT2D eigenvalue weighted by molar-refractivity contribution is -0.185. The van der Waals surface area contributed by atoms with E-state index in [9.17, 15) is 8.78 Å². The highest BCUT2D eigenvalue weighted by molar-refractivity contribution is 5.04. The molecule has 0 spiro atoms. The Hall–Kier alpha value is -0.220. The highest BCUT2D eigenvalue weighted by Gasteiger charge is 2.59. The first kappa shape index (κ1) is 11.3. The molecule has 0 bridgehead atoms. The number of nitrogens with two attached hydrogens (primary N) is 1. The third-order valence-corrected chi connectivity index (χ3v) is 4.12. The first-order valence-electron chi connectivity index (χ1n) is 5.74. The molecule has 2 N–H and O–H groups in total. The third kappa shape index (κ3) is 2.02. The molecular formula is C11H20F2N2. The van der Waals surface area contributed by atoms with E-state index < -0.39 is 5.92 Å². The molecule has 2 rings (SSSR count). The van der Waals surface area contributed by atoms with Crippen LogP contribution in [0.25, 0.3) is 0 Å². The fraction of sp³-hybridized carbons (Fsp3) is 1.00. The lowest BCUT2D eigenvalue weighted by Crippen LogP contribution is -2.57. The summed E-state index contributed by atoms with van der Waals surface area (Å²) < 4.78 is 26.0. The molecule has 88 valence electrons. The minimum Gasteiger partial charge on any atom is -0.330 e. The predicted molar refractivity (Wildman–Crippen MR) is 55.9 cm³/mol. The largest absolute Gasteiger partial charge is 0.330 e. The van der Waals surface area contributed by atoms with Gasteiger partial charge in [0.05, 0.1) is 0 Å². The minimum atomic E-state index is -2.45. The van der Waals surface area contributed by atoms with E-state index in [4.69, 9.17) is 5.73 Å². The van der Waals surface area contributed by atoms with Crippen LogP contribution >= 0.6 is 0 Å². The van der Waals surface area contributed by atoms with Gasteiger partial charge in [0.2, 0.25) is 5.92 Å². The fourth-order valence-corrected chi connectivity index (χ4v) is 3.24. The van der Waals surface area contributed by atoms with Crippen molar-refractivity contribution in [1.29, 1.82) is 0 Å². The predicted octanol–water partition coefficient (Wildman–Crippen LogP) is 1.70. The van der Waals surface area contributed by atoms with Gasteiger partial charge in [0.1, 0.15) is 0 Å². The molecule has 1 aliphatic heterocycles. The van der Waals surface area contributed by atoms with Crippen LogP contribution in [0.1, 0.15) is 25.7 Å². The number of rotatable bonds is 2. The molecule has 0 amide bonds. The number of halogens is 2. The van der Waals surface area contributed by atoms with Gasteiger partial charge in [-0.3, -0.25) is 0 Å². The Bertz CT molecular complexity index is 235. The molecule has 2 aliphatic rings. The molecule has 0 radical (unpaired) electrons. The van der Waals surface area contributed by atoms with Crippen LogP contribution in [-0.4, -0.2) is 37.5 Å². The van der Waals surface area contributed by atoms with Crippen molar-refractivity contribution in [3.05, 3.63) is 0 Å². The SMILES string of the molecule is CN1CCCC(C2(CN)CC(F)(F)C2)C1. The summed E-state index contributed by atoms with van der Waals surface area (Å²) in [5, 5.41) is 0. The second kappa shape index (κ2) is 3.67. The van der Waals surface area contributed by atoms with Gasteiger partial charge >= 0.3 is 0 Å². The second-order valence-electron chi connectivity index (χ2n) is 5.38. The van der Waals surface area contributed by atoms with E-state index in [1.165, 1.54) is 0 Å². The molecule has 15 heavy (non-hydrogen) atoms. The third-order valence-electron chi connectivity index (χ3n) is 4.12. The molecule has 1 saturated heterocycles. The van der Waals surface area contributed by atoms with Crippen molar-refractivity contribution < 1.29 is 8.78 Å². The van der Waals surface area contributed by atoms with E-state index >= 15 is 0 Å².